The standard InChI is InChI=1S/C22H17ClN6O2.C18H19ClFN3O.C16H13N3/c23-17-7-3-6-16-14(12-25-20(16)17)11-18-21(30)28(22(31)27-18)10-2-1-5-15-13-24-19-8-4-9-26-29(15)19;1-18(2,10-14-15(19)4-3-5-16(14)20)17-7-6-13(11-21)23(17)9-8-22-12-24;1-12-5-6-13(2)14(10-12)7-8-15-11-17-16-4-3-9-18-19(15)16/h3-4,6-9,12-13,18,25H,2,10-11H2,(H,27,31);3-7,12H,8-10H2,1-2H3,(H,22,24);3-6,9-11H,1-2H3. The average molecular weight is 1030 g/mol. The fourth-order valence-corrected chi connectivity index (χ4v) is 8.97. The van der Waals surface area contributed by atoms with Crippen molar-refractivity contribution in [2.45, 2.75) is 65.0 Å². The third-order valence-electron chi connectivity index (χ3n) is 12.3. The number of carbonyl (C=O) groups excluding carboxylic acids is 3. The molecule has 7 heterocycles. The van der Waals surface area contributed by atoms with E-state index < -0.39 is 17.5 Å². The van der Waals surface area contributed by atoms with E-state index in [1.54, 1.807) is 64.2 Å². The SMILES string of the molecule is CC(C)(Cc1c(F)cccc1Cl)c1ccc(C#N)n1CCNC=O.Cc1ccc(C)c(C#Cc2cnc3cccnn23)c1.O=C1NC(Cc2c[nH]c3c(Cl)cccc23)C(=O)N1CCC#Cc1cnc2cccnn12. The molecular weight excluding hydrogens is 979 g/mol. The summed E-state index contributed by atoms with van der Waals surface area (Å²) in [6, 6.07) is 28.7. The molecule has 1 aliphatic heterocycles. The third-order valence-corrected chi connectivity index (χ3v) is 12.9. The summed E-state index contributed by atoms with van der Waals surface area (Å²) in [5.41, 5.74) is 9.59. The molecule has 4 amide bonds. The number of H-pyrrole nitrogens is 1. The maximum Gasteiger partial charge on any atom is 0.324 e. The van der Waals surface area contributed by atoms with Crippen LogP contribution >= 0.6 is 23.2 Å². The predicted molar refractivity (Wildman–Crippen MR) is 282 cm³/mol. The number of carbonyl (C=O) groups is 3. The average Bonchev–Trinajstić information content (AvgIpc) is 4.24. The number of amides is 4. The summed E-state index contributed by atoms with van der Waals surface area (Å²) in [4.78, 5) is 48.4. The van der Waals surface area contributed by atoms with Crippen molar-refractivity contribution >= 4 is 63.7 Å². The highest BCUT2D eigenvalue weighted by Gasteiger charge is 2.38. The van der Waals surface area contributed by atoms with Crippen LogP contribution in [0.25, 0.3) is 22.2 Å². The number of aryl methyl sites for hydroxylation is 2. The van der Waals surface area contributed by atoms with E-state index in [1.807, 2.05) is 61.0 Å². The van der Waals surface area contributed by atoms with Crippen LogP contribution in [-0.2, 0) is 34.4 Å². The first-order chi connectivity index (χ1) is 35.8. The van der Waals surface area contributed by atoms with Gasteiger partial charge in [0.25, 0.3) is 5.91 Å². The molecule has 3 N–H and O–H groups in total. The molecule has 1 saturated heterocycles. The van der Waals surface area contributed by atoms with E-state index in [9.17, 15) is 24.0 Å². The zero-order valence-corrected chi connectivity index (χ0v) is 42.3. The van der Waals surface area contributed by atoms with Crippen LogP contribution in [0.4, 0.5) is 9.18 Å². The van der Waals surface area contributed by atoms with Crippen LogP contribution in [0.15, 0.2) is 122 Å². The summed E-state index contributed by atoms with van der Waals surface area (Å²) in [7, 11) is 0. The first-order valence-electron chi connectivity index (χ1n) is 23.5. The molecule has 1 unspecified atom stereocenters. The first kappa shape index (κ1) is 51.6. The number of imide groups is 1. The number of nitrogens with one attached hydrogen (secondary N) is 3. The summed E-state index contributed by atoms with van der Waals surface area (Å²) in [5.74, 6) is 11.7. The molecule has 18 heteroatoms. The van der Waals surface area contributed by atoms with Gasteiger partial charge in [0.05, 0.1) is 22.9 Å². The summed E-state index contributed by atoms with van der Waals surface area (Å²) in [5, 5.41) is 25.1. The third kappa shape index (κ3) is 11.8. The minimum atomic E-state index is -0.610. The second kappa shape index (κ2) is 23.2. The maximum absolute atomic E-state index is 14.1. The van der Waals surface area contributed by atoms with Gasteiger partial charge in [-0.25, -0.2) is 28.2 Å². The van der Waals surface area contributed by atoms with E-state index in [0.717, 1.165) is 39.1 Å². The van der Waals surface area contributed by atoms with Gasteiger partial charge in [0.15, 0.2) is 11.3 Å². The number of nitrogens with zero attached hydrogens (tertiary/aromatic N) is 9. The van der Waals surface area contributed by atoms with Gasteiger partial charge in [-0.3, -0.25) is 14.5 Å². The Kier molecular flexibility index (Phi) is 16.2. The lowest BCUT2D eigenvalue weighted by atomic mass is 9.82. The number of rotatable bonds is 11. The number of nitriles is 1. The van der Waals surface area contributed by atoms with Crippen LogP contribution < -0.4 is 10.6 Å². The topological polar surface area (TPSA) is 183 Å². The lowest BCUT2D eigenvalue weighted by molar-refractivity contribution is -0.127. The summed E-state index contributed by atoms with van der Waals surface area (Å²) >= 11 is 12.4. The lowest BCUT2D eigenvalue weighted by Crippen LogP contribution is -2.33. The normalized spacial score (nSPS) is 12.9. The Labute approximate surface area is 436 Å². The quantitative estimate of drug-likeness (QED) is 0.0497. The molecule has 0 spiro atoms. The smallest absolute Gasteiger partial charge is 0.324 e. The second-order valence-electron chi connectivity index (χ2n) is 17.9. The number of imidazole rings is 2. The molecule has 9 aromatic rings. The minimum absolute atomic E-state index is 0.220. The van der Waals surface area contributed by atoms with Crippen molar-refractivity contribution in [2.75, 3.05) is 13.1 Å². The molecule has 15 nitrogen and oxygen atoms in total. The fourth-order valence-electron chi connectivity index (χ4n) is 8.51. The van der Waals surface area contributed by atoms with Gasteiger partial charge in [0.2, 0.25) is 6.41 Å². The van der Waals surface area contributed by atoms with Gasteiger partial charge in [-0.15, -0.1) is 0 Å². The predicted octanol–water partition coefficient (Wildman–Crippen LogP) is 8.93. The highest BCUT2D eigenvalue weighted by molar-refractivity contribution is 6.35. The van der Waals surface area contributed by atoms with Gasteiger partial charge in [-0.2, -0.15) is 15.5 Å². The Balaban J connectivity index is 0.000000153. The number of hydrogen-bond donors (Lipinski definition) is 3. The van der Waals surface area contributed by atoms with Crippen molar-refractivity contribution in [3.05, 3.63) is 188 Å². The second-order valence-corrected chi connectivity index (χ2v) is 18.7. The van der Waals surface area contributed by atoms with Crippen molar-refractivity contribution in [1.29, 1.82) is 5.26 Å². The first-order valence-corrected chi connectivity index (χ1v) is 24.2. The van der Waals surface area contributed by atoms with Crippen molar-refractivity contribution in [1.82, 2.24) is 54.3 Å². The molecule has 3 aromatic carbocycles. The van der Waals surface area contributed by atoms with Gasteiger partial charge in [0, 0.05) is 83.7 Å². The van der Waals surface area contributed by atoms with E-state index in [4.69, 9.17) is 23.2 Å². The van der Waals surface area contributed by atoms with Crippen LogP contribution in [0.2, 0.25) is 10.0 Å². The molecular formula is C56H49Cl2FN12O3. The highest BCUT2D eigenvalue weighted by atomic mass is 35.5. The molecule has 10 rings (SSSR count). The van der Waals surface area contributed by atoms with Gasteiger partial charge >= 0.3 is 6.03 Å². The molecule has 0 saturated carbocycles. The molecule has 372 valence electrons. The van der Waals surface area contributed by atoms with E-state index in [2.05, 4.69) is 97.6 Å². The Bertz CT molecular complexity index is 3690. The van der Waals surface area contributed by atoms with Gasteiger partial charge in [-0.05, 0) is 109 Å². The maximum atomic E-state index is 14.1. The highest BCUT2D eigenvalue weighted by Crippen LogP contribution is 2.33. The molecule has 74 heavy (non-hydrogen) atoms. The number of para-hydroxylation sites is 1. The Morgan fingerprint density at radius 2 is 1.54 bits per heavy atom. The van der Waals surface area contributed by atoms with Crippen molar-refractivity contribution in [3.63, 3.8) is 0 Å². The van der Waals surface area contributed by atoms with Crippen molar-refractivity contribution in [2.24, 2.45) is 0 Å². The number of urea groups is 1. The summed E-state index contributed by atoms with van der Waals surface area (Å²) in [6.07, 6.45) is 10.4. The van der Waals surface area contributed by atoms with E-state index in [1.165, 1.54) is 22.1 Å². The number of halogens is 3. The monoisotopic (exact) mass is 1030 g/mol. The molecule has 0 radical (unpaired) electrons. The van der Waals surface area contributed by atoms with Crippen LogP contribution in [0, 0.1) is 54.7 Å². The van der Waals surface area contributed by atoms with E-state index in [-0.39, 0.29) is 18.3 Å². The number of hydrogen-bond acceptors (Lipinski definition) is 8. The number of aromatic nitrogens is 8. The summed E-state index contributed by atoms with van der Waals surface area (Å²) in [6.45, 7) is 9.20. The minimum Gasteiger partial charge on any atom is -0.360 e. The van der Waals surface area contributed by atoms with Crippen LogP contribution in [-0.4, -0.2) is 81.1 Å². The molecule has 1 atom stereocenters. The van der Waals surface area contributed by atoms with Gasteiger partial charge < -0.3 is 20.2 Å². The van der Waals surface area contributed by atoms with E-state index in [0.29, 0.717) is 71.4 Å². The Morgan fingerprint density at radius 1 is 0.838 bits per heavy atom. The van der Waals surface area contributed by atoms with Crippen LogP contribution in [0.1, 0.15) is 70.9 Å². The Hall–Kier alpha value is -8.75. The van der Waals surface area contributed by atoms with Gasteiger partial charge in [0.1, 0.15) is 35.0 Å². The van der Waals surface area contributed by atoms with Crippen LogP contribution in [0.3, 0.4) is 0 Å². The van der Waals surface area contributed by atoms with E-state index >= 15 is 0 Å². The number of fused-ring (bicyclic) bond motifs is 3. The van der Waals surface area contributed by atoms with Crippen molar-refractivity contribution in [3.8, 4) is 29.8 Å². The summed E-state index contributed by atoms with van der Waals surface area (Å²) < 4.78 is 19.4. The zero-order valence-electron chi connectivity index (χ0n) is 40.8. The van der Waals surface area contributed by atoms with Crippen LogP contribution in [0.5, 0.6) is 0 Å². The Morgan fingerprint density at radius 3 is 2.24 bits per heavy atom. The molecule has 6 aromatic heterocycles. The molecule has 0 aliphatic carbocycles. The molecule has 1 fully saturated rings. The zero-order chi connectivity index (χ0) is 52.4. The fraction of sp³-hybridized carbons (Fsp3) is 0.214. The number of benzene rings is 3. The van der Waals surface area contributed by atoms with Gasteiger partial charge in [-0.1, -0.05) is 79.2 Å². The molecule has 1 aliphatic rings. The largest absolute Gasteiger partial charge is 0.360 e. The number of aromatic amines is 1. The van der Waals surface area contributed by atoms with Crippen molar-refractivity contribution < 1.29 is 18.8 Å². The lowest BCUT2D eigenvalue weighted by Gasteiger charge is -2.28. The molecule has 0 bridgehead atoms.